The molecule has 2 amide bonds. The van der Waals surface area contributed by atoms with Crippen LogP contribution in [0, 0.1) is 12.8 Å². The van der Waals surface area contributed by atoms with E-state index < -0.39 is 6.04 Å². The predicted molar refractivity (Wildman–Crippen MR) is 127 cm³/mol. The first-order chi connectivity index (χ1) is 15.4. The molecule has 0 aromatic heterocycles. The summed E-state index contributed by atoms with van der Waals surface area (Å²) in [5.74, 6) is 0.159. The Kier molecular flexibility index (Phi) is 6.80. The molecule has 0 aliphatic carbocycles. The summed E-state index contributed by atoms with van der Waals surface area (Å²) in [4.78, 5) is 30.4. The van der Waals surface area contributed by atoms with Gasteiger partial charge in [-0.15, -0.1) is 0 Å². The van der Waals surface area contributed by atoms with Gasteiger partial charge in [-0.25, -0.2) is 0 Å². The van der Waals surface area contributed by atoms with E-state index in [2.05, 4.69) is 22.3 Å². The highest BCUT2D eigenvalue weighted by Crippen LogP contribution is 2.28. The molecule has 6 nitrogen and oxygen atoms in total. The lowest BCUT2D eigenvalue weighted by Crippen LogP contribution is -2.50. The van der Waals surface area contributed by atoms with Gasteiger partial charge in [0.1, 0.15) is 6.04 Å². The van der Waals surface area contributed by atoms with Crippen LogP contribution in [-0.2, 0) is 27.3 Å². The van der Waals surface area contributed by atoms with Gasteiger partial charge < -0.3 is 19.9 Å². The van der Waals surface area contributed by atoms with Gasteiger partial charge in [0.25, 0.3) is 0 Å². The zero-order valence-electron chi connectivity index (χ0n) is 19.3. The van der Waals surface area contributed by atoms with E-state index in [1.54, 1.807) is 4.90 Å². The average molecular weight is 436 g/mol. The van der Waals surface area contributed by atoms with Crippen LogP contribution in [-0.4, -0.2) is 49.1 Å². The second kappa shape index (κ2) is 9.74. The van der Waals surface area contributed by atoms with Gasteiger partial charge in [0.2, 0.25) is 11.8 Å². The molecule has 1 fully saturated rings. The van der Waals surface area contributed by atoms with Crippen molar-refractivity contribution in [1.29, 1.82) is 0 Å². The molecule has 2 aromatic carbocycles. The molecule has 170 valence electrons. The van der Waals surface area contributed by atoms with E-state index in [-0.39, 0.29) is 17.7 Å². The van der Waals surface area contributed by atoms with Gasteiger partial charge in [0, 0.05) is 43.9 Å². The van der Waals surface area contributed by atoms with Crippen LogP contribution in [0.1, 0.15) is 37.0 Å². The van der Waals surface area contributed by atoms with Gasteiger partial charge in [-0.1, -0.05) is 38.1 Å². The molecule has 0 saturated carbocycles. The molecule has 0 radical (unpaired) electrons. The van der Waals surface area contributed by atoms with Gasteiger partial charge in [-0.3, -0.25) is 9.59 Å². The second-order valence-electron chi connectivity index (χ2n) is 9.20. The van der Waals surface area contributed by atoms with Crippen molar-refractivity contribution in [3.8, 4) is 0 Å². The number of carbonyl (C=O) groups excluding carboxylic acids is 2. The van der Waals surface area contributed by atoms with Gasteiger partial charge in [-0.05, 0) is 47.7 Å². The van der Waals surface area contributed by atoms with E-state index in [9.17, 15) is 9.59 Å². The Morgan fingerprint density at radius 3 is 2.50 bits per heavy atom. The summed E-state index contributed by atoms with van der Waals surface area (Å²) in [5, 5.41) is 3.10. The van der Waals surface area contributed by atoms with Crippen molar-refractivity contribution in [2.75, 3.05) is 36.5 Å². The molecule has 6 heteroatoms. The highest BCUT2D eigenvalue weighted by atomic mass is 16.5. The lowest BCUT2D eigenvalue weighted by Gasteiger charge is -2.36. The number of carbonyl (C=O) groups is 2. The van der Waals surface area contributed by atoms with Crippen LogP contribution in [0.2, 0.25) is 0 Å². The van der Waals surface area contributed by atoms with Crippen molar-refractivity contribution < 1.29 is 14.3 Å². The summed E-state index contributed by atoms with van der Waals surface area (Å²) in [5.41, 5.74) is 5.21. The zero-order chi connectivity index (χ0) is 22.7. The maximum absolute atomic E-state index is 13.4. The van der Waals surface area contributed by atoms with E-state index in [4.69, 9.17) is 4.74 Å². The Morgan fingerprint density at radius 1 is 1.09 bits per heavy atom. The number of nitrogens with zero attached hydrogens (tertiary/aromatic N) is 2. The molecule has 1 atom stereocenters. The Balaban J connectivity index is 1.53. The average Bonchev–Trinajstić information content (AvgIpc) is 2.79. The minimum atomic E-state index is -0.505. The van der Waals surface area contributed by atoms with Crippen LogP contribution in [0.25, 0.3) is 0 Å². The first-order valence-corrected chi connectivity index (χ1v) is 11.5. The predicted octanol–water partition coefficient (Wildman–Crippen LogP) is 3.77. The minimum absolute atomic E-state index is 0.0361. The number of amides is 2. The van der Waals surface area contributed by atoms with Crippen molar-refractivity contribution in [3.63, 3.8) is 0 Å². The fourth-order valence-corrected chi connectivity index (χ4v) is 4.51. The van der Waals surface area contributed by atoms with Crippen molar-refractivity contribution in [3.05, 3.63) is 59.2 Å². The molecule has 1 unspecified atom stereocenters. The number of nitrogens with one attached hydrogen (secondary N) is 1. The number of fused-ring (bicyclic) bond motifs is 1. The Labute approximate surface area is 190 Å². The fraction of sp³-hybridized carbons (Fsp3) is 0.462. The van der Waals surface area contributed by atoms with Crippen LogP contribution < -0.4 is 10.2 Å². The number of aryl methyl sites for hydroxylation is 1. The summed E-state index contributed by atoms with van der Waals surface area (Å²) < 4.78 is 5.44. The number of anilines is 2. The fourth-order valence-electron chi connectivity index (χ4n) is 4.51. The summed E-state index contributed by atoms with van der Waals surface area (Å²) in [7, 11) is 0. The third-order valence-corrected chi connectivity index (χ3v) is 6.30. The van der Waals surface area contributed by atoms with Gasteiger partial charge in [0.05, 0.1) is 13.2 Å². The number of benzene rings is 2. The summed E-state index contributed by atoms with van der Waals surface area (Å²) >= 11 is 0. The molecular weight excluding hydrogens is 402 g/mol. The molecule has 2 aromatic rings. The number of hydrogen-bond acceptors (Lipinski definition) is 4. The van der Waals surface area contributed by atoms with Crippen LogP contribution in [0.4, 0.5) is 11.4 Å². The Morgan fingerprint density at radius 2 is 1.81 bits per heavy atom. The summed E-state index contributed by atoms with van der Waals surface area (Å²) in [6.07, 6.45) is 0.982. The lowest BCUT2D eigenvalue weighted by atomic mass is 9.92. The molecular formula is C26H33N3O3. The normalized spacial score (nSPS) is 18.4. The Hall–Kier alpha value is -2.86. The largest absolute Gasteiger partial charge is 0.378 e. The SMILES string of the molecule is Cc1cc(N2CCOCC2)ccc1NC(=O)C1Cc2ccccc2CN1C(=O)CC(C)C. The van der Waals surface area contributed by atoms with Crippen LogP contribution >= 0.6 is 0 Å². The van der Waals surface area contributed by atoms with E-state index in [0.29, 0.717) is 19.4 Å². The zero-order valence-corrected chi connectivity index (χ0v) is 19.3. The molecule has 2 heterocycles. The molecule has 1 saturated heterocycles. The molecule has 1 N–H and O–H groups in total. The van der Waals surface area contributed by atoms with Crippen molar-refractivity contribution >= 4 is 23.2 Å². The van der Waals surface area contributed by atoms with Crippen molar-refractivity contribution in [2.45, 2.75) is 46.2 Å². The highest BCUT2D eigenvalue weighted by Gasteiger charge is 2.34. The summed E-state index contributed by atoms with van der Waals surface area (Å²) in [6.45, 7) is 9.78. The van der Waals surface area contributed by atoms with Crippen LogP contribution in [0.15, 0.2) is 42.5 Å². The lowest BCUT2D eigenvalue weighted by molar-refractivity contribution is -0.140. The molecule has 0 spiro atoms. The third kappa shape index (κ3) is 4.96. The topological polar surface area (TPSA) is 61.9 Å². The Bertz CT molecular complexity index is 982. The second-order valence-corrected chi connectivity index (χ2v) is 9.20. The number of hydrogen-bond donors (Lipinski definition) is 1. The van der Waals surface area contributed by atoms with Crippen molar-refractivity contribution in [2.24, 2.45) is 5.92 Å². The van der Waals surface area contributed by atoms with E-state index >= 15 is 0 Å². The molecule has 0 bridgehead atoms. The van der Waals surface area contributed by atoms with Gasteiger partial charge in [-0.2, -0.15) is 0 Å². The molecule has 2 aliphatic heterocycles. The molecule has 2 aliphatic rings. The van der Waals surface area contributed by atoms with Crippen LogP contribution in [0.3, 0.4) is 0 Å². The maximum atomic E-state index is 13.4. The number of morpholine rings is 1. The molecule has 4 rings (SSSR count). The number of rotatable bonds is 5. The first kappa shape index (κ1) is 22.3. The smallest absolute Gasteiger partial charge is 0.247 e. The third-order valence-electron chi connectivity index (χ3n) is 6.30. The monoisotopic (exact) mass is 435 g/mol. The van der Waals surface area contributed by atoms with Crippen LogP contribution in [0.5, 0.6) is 0 Å². The molecule has 32 heavy (non-hydrogen) atoms. The standard InChI is InChI=1S/C26H33N3O3/c1-18(2)14-25(30)29-17-21-7-5-4-6-20(21)16-24(29)26(31)27-23-9-8-22(15-19(23)3)28-10-12-32-13-11-28/h4-9,15,18,24H,10-14,16-17H2,1-3H3,(H,27,31). The minimum Gasteiger partial charge on any atom is -0.378 e. The van der Waals surface area contributed by atoms with E-state index in [1.165, 1.54) is 0 Å². The van der Waals surface area contributed by atoms with E-state index in [1.807, 2.05) is 51.1 Å². The first-order valence-electron chi connectivity index (χ1n) is 11.5. The van der Waals surface area contributed by atoms with Gasteiger partial charge in [0.15, 0.2) is 0 Å². The number of ether oxygens (including phenoxy) is 1. The quantitative estimate of drug-likeness (QED) is 0.777. The van der Waals surface area contributed by atoms with Crippen molar-refractivity contribution in [1.82, 2.24) is 4.90 Å². The van der Waals surface area contributed by atoms with Gasteiger partial charge >= 0.3 is 0 Å². The highest BCUT2D eigenvalue weighted by molar-refractivity contribution is 5.98. The summed E-state index contributed by atoms with van der Waals surface area (Å²) in [6, 6.07) is 13.7. The van der Waals surface area contributed by atoms with E-state index in [0.717, 1.165) is 54.4 Å². The maximum Gasteiger partial charge on any atom is 0.247 e.